The van der Waals surface area contributed by atoms with Gasteiger partial charge in [-0.3, -0.25) is 4.79 Å². The molecule has 1 aliphatic rings. The average molecular weight is 256 g/mol. The van der Waals surface area contributed by atoms with Gasteiger partial charge in [-0.2, -0.15) is 0 Å². The van der Waals surface area contributed by atoms with E-state index in [0.29, 0.717) is 11.6 Å². The van der Waals surface area contributed by atoms with Gasteiger partial charge >= 0.3 is 0 Å². The first kappa shape index (κ1) is 12.3. The molecule has 0 saturated heterocycles. The van der Waals surface area contributed by atoms with Gasteiger partial charge in [0.25, 0.3) is 5.91 Å². The highest BCUT2D eigenvalue weighted by molar-refractivity contribution is 5.99. The third kappa shape index (κ3) is 2.37. The minimum absolute atomic E-state index is 0.00709. The lowest BCUT2D eigenvalue weighted by molar-refractivity contribution is 0.0931. The number of hydrogen-bond acceptors (Lipinski definition) is 1. The first-order chi connectivity index (χ1) is 9.04. The summed E-state index contributed by atoms with van der Waals surface area (Å²) >= 11 is 0. The summed E-state index contributed by atoms with van der Waals surface area (Å²) in [5.74, 6) is 0.685. The minimum atomic E-state index is 0.00709. The van der Waals surface area contributed by atoms with Crippen molar-refractivity contribution >= 4 is 16.8 Å². The number of hydrogen-bond donors (Lipinski definition) is 2. The Morgan fingerprint density at radius 1 is 1.32 bits per heavy atom. The van der Waals surface area contributed by atoms with Crippen molar-refractivity contribution in [2.75, 3.05) is 0 Å². The van der Waals surface area contributed by atoms with E-state index in [4.69, 9.17) is 0 Å². The van der Waals surface area contributed by atoms with Crippen molar-refractivity contribution in [2.45, 2.75) is 39.7 Å². The molecule has 1 amide bonds. The van der Waals surface area contributed by atoms with Gasteiger partial charge in [-0.15, -0.1) is 0 Å². The molecule has 1 aliphatic carbocycles. The summed E-state index contributed by atoms with van der Waals surface area (Å²) in [4.78, 5) is 15.4. The van der Waals surface area contributed by atoms with E-state index < -0.39 is 0 Å². The maximum Gasteiger partial charge on any atom is 0.267 e. The molecule has 1 aromatic heterocycles. The molecule has 1 aromatic carbocycles. The first-order valence-electron chi connectivity index (χ1n) is 6.95. The average Bonchev–Trinajstić information content (AvgIpc) is 3.09. The Hall–Kier alpha value is -1.77. The number of aromatic amines is 1. The van der Waals surface area contributed by atoms with Crippen LogP contribution in [0.25, 0.3) is 10.9 Å². The van der Waals surface area contributed by atoms with E-state index in [2.05, 4.69) is 43.2 Å². The van der Waals surface area contributed by atoms with E-state index in [9.17, 15) is 4.79 Å². The molecule has 3 nitrogen and oxygen atoms in total. The second kappa shape index (κ2) is 4.41. The smallest absolute Gasteiger partial charge is 0.267 e. The van der Waals surface area contributed by atoms with Crippen LogP contribution >= 0.6 is 0 Å². The SMILES string of the molecule is Cc1cc(C)c2cc(C(=O)NC(C)C3CC3)[nH]c2c1. The molecule has 1 atom stereocenters. The van der Waals surface area contributed by atoms with Crippen molar-refractivity contribution in [2.24, 2.45) is 5.92 Å². The molecule has 1 unspecified atom stereocenters. The predicted molar refractivity (Wildman–Crippen MR) is 77.4 cm³/mol. The monoisotopic (exact) mass is 256 g/mol. The number of rotatable bonds is 3. The fourth-order valence-corrected chi connectivity index (χ4v) is 2.72. The molecule has 100 valence electrons. The zero-order chi connectivity index (χ0) is 13.6. The van der Waals surface area contributed by atoms with Crippen molar-refractivity contribution in [3.05, 3.63) is 35.0 Å². The Kier molecular flexibility index (Phi) is 2.85. The molecule has 19 heavy (non-hydrogen) atoms. The van der Waals surface area contributed by atoms with Gasteiger partial charge < -0.3 is 10.3 Å². The summed E-state index contributed by atoms with van der Waals surface area (Å²) in [7, 11) is 0. The van der Waals surface area contributed by atoms with Crippen LogP contribution in [0.2, 0.25) is 0 Å². The molecule has 1 heterocycles. The van der Waals surface area contributed by atoms with Gasteiger partial charge in [0, 0.05) is 16.9 Å². The Bertz CT molecular complexity index is 637. The number of fused-ring (bicyclic) bond motifs is 1. The highest BCUT2D eigenvalue weighted by Crippen LogP contribution is 2.32. The highest BCUT2D eigenvalue weighted by Gasteiger charge is 2.29. The van der Waals surface area contributed by atoms with E-state index in [1.807, 2.05) is 6.07 Å². The predicted octanol–water partition coefficient (Wildman–Crippen LogP) is 3.31. The number of H-pyrrole nitrogens is 1. The van der Waals surface area contributed by atoms with Crippen LogP contribution in [-0.4, -0.2) is 16.9 Å². The van der Waals surface area contributed by atoms with Crippen LogP contribution in [0.1, 0.15) is 41.4 Å². The van der Waals surface area contributed by atoms with Crippen LogP contribution in [0.4, 0.5) is 0 Å². The summed E-state index contributed by atoms with van der Waals surface area (Å²) in [6.45, 7) is 6.24. The summed E-state index contributed by atoms with van der Waals surface area (Å²) < 4.78 is 0. The van der Waals surface area contributed by atoms with E-state index in [-0.39, 0.29) is 11.9 Å². The van der Waals surface area contributed by atoms with E-state index in [1.54, 1.807) is 0 Å². The van der Waals surface area contributed by atoms with Crippen molar-refractivity contribution in [3.8, 4) is 0 Å². The zero-order valence-electron chi connectivity index (χ0n) is 11.7. The van der Waals surface area contributed by atoms with Crippen LogP contribution in [-0.2, 0) is 0 Å². The van der Waals surface area contributed by atoms with Crippen LogP contribution in [0.5, 0.6) is 0 Å². The molecule has 0 aliphatic heterocycles. The molecule has 3 heteroatoms. The maximum absolute atomic E-state index is 12.2. The molecular formula is C16H20N2O. The van der Waals surface area contributed by atoms with Crippen LogP contribution in [0.15, 0.2) is 18.2 Å². The lowest BCUT2D eigenvalue weighted by Crippen LogP contribution is -2.34. The Balaban J connectivity index is 1.88. The van der Waals surface area contributed by atoms with E-state index in [0.717, 1.165) is 10.9 Å². The molecule has 2 aromatic rings. The molecule has 2 N–H and O–H groups in total. The largest absolute Gasteiger partial charge is 0.351 e. The van der Waals surface area contributed by atoms with Crippen molar-refractivity contribution in [1.29, 1.82) is 0 Å². The fraction of sp³-hybridized carbons (Fsp3) is 0.438. The Labute approximate surface area is 113 Å². The van der Waals surface area contributed by atoms with Crippen molar-refractivity contribution < 1.29 is 4.79 Å². The number of amides is 1. The molecule has 0 radical (unpaired) electrons. The Morgan fingerprint density at radius 3 is 2.74 bits per heavy atom. The summed E-state index contributed by atoms with van der Waals surface area (Å²) in [5, 5.41) is 4.22. The van der Waals surface area contributed by atoms with Gasteiger partial charge in [0.15, 0.2) is 0 Å². The highest BCUT2D eigenvalue weighted by atomic mass is 16.1. The fourth-order valence-electron chi connectivity index (χ4n) is 2.72. The van der Waals surface area contributed by atoms with Gasteiger partial charge in [-0.1, -0.05) is 6.07 Å². The van der Waals surface area contributed by atoms with Crippen molar-refractivity contribution in [3.63, 3.8) is 0 Å². The minimum Gasteiger partial charge on any atom is -0.351 e. The lowest BCUT2D eigenvalue weighted by Gasteiger charge is -2.11. The van der Waals surface area contributed by atoms with E-state index in [1.165, 1.54) is 24.0 Å². The van der Waals surface area contributed by atoms with Gasteiger partial charge in [-0.05, 0) is 62.8 Å². The number of carbonyl (C=O) groups is 1. The van der Waals surface area contributed by atoms with E-state index >= 15 is 0 Å². The third-order valence-corrected chi connectivity index (χ3v) is 4.02. The third-order valence-electron chi connectivity index (χ3n) is 4.02. The van der Waals surface area contributed by atoms with Crippen molar-refractivity contribution in [1.82, 2.24) is 10.3 Å². The summed E-state index contributed by atoms with van der Waals surface area (Å²) in [6.07, 6.45) is 2.49. The molecule has 0 spiro atoms. The number of nitrogens with one attached hydrogen (secondary N) is 2. The van der Waals surface area contributed by atoms with Crippen LogP contribution in [0.3, 0.4) is 0 Å². The zero-order valence-corrected chi connectivity index (χ0v) is 11.7. The van der Waals surface area contributed by atoms with Crippen LogP contribution < -0.4 is 5.32 Å². The Morgan fingerprint density at radius 2 is 2.05 bits per heavy atom. The standard InChI is InChI=1S/C16H20N2O/c1-9-6-10(2)13-8-15(18-14(13)7-9)16(19)17-11(3)12-4-5-12/h6-8,11-12,18H,4-5H2,1-3H3,(H,17,19). The number of carbonyl (C=O) groups excluding carboxylic acids is 1. The molecular weight excluding hydrogens is 236 g/mol. The normalized spacial score (nSPS) is 16.6. The van der Waals surface area contributed by atoms with Crippen LogP contribution in [0, 0.1) is 19.8 Å². The number of aryl methyl sites for hydroxylation is 2. The van der Waals surface area contributed by atoms with Gasteiger partial charge in [0.2, 0.25) is 0 Å². The second-order valence-corrected chi connectivity index (χ2v) is 5.83. The summed E-state index contributed by atoms with van der Waals surface area (Å²) in [6, 6.07) is 6.47. The molecule has 3 rings (SSSR count). The second-order valence-electron chi connectivity index (χ2n) is 5.83. The number of benzene rings is 1. The van der Waals surface area contributed by atoms with Gasteiger partial charge in [0.05, 0.1) is 0 Å². The molecule has 1 fully saturated rings. The quantitative estimate of drug-likeness (QED) is 0.869. The van der Waals surface area contributed by atoms with Gasteiger partial charge in [-0.25, -0.2) is 0 Å². The number of aromatic nitrogens is 1. The molecule has 1 saturated carbocycles. The lowest BCUT2D eigenvalue weighted by atomic mass is 10.1. The topological polar surface area (TPSA) is 44.9 Å². The first-order valence-corrected chi connectivity index (χ1v) is 6.95. The van der Waals surface area contributed by atoms with Gasteiger partial charge in [0.1, 0.15) is 5.69 Å². The summed E-state index contributed by atoms with van der Waals surface area (Å²) in [5.41, 5.74) is 4.13. The maximum atomic E-state index is 12.2. The molecule has 0 bridgehead atoms.